The Morgan fingerprint density at radius 2 is 1.77 bits per heavy atom. The minimum atomic E-state index is -3.94. The highest BCUT2D eigenvalue weighted by Crippen LogP contribution is 2.33. The van der Waals surface area contributed by atoms with E-state index in [1.807, 2.05) is 36.4 Å². The maximum atomic E-state index is 13.8. The Morgan fingerprint density at radius 3 is 2.43 bits per heavy atom. The molecule has 1 aliphatic heterocycles. The third-order valence-corrected chi connectivity index (χ3v) is 10.4. The number of aromatic amines is 1. The molecule has 2 aromatic heterocycles. The first kappa shape index (κ1) is 40.7. The van der Waals surface area contributed by atoms with Gasteiger partial charge < -0.3 is 33.4 Å². The summed E-state index contributed by atoms with van der Waals surface area (Å²) in [5.74, 6) is 0.606. The number of nitrogens with one attached hydrogen (secondary N) is 1. The third-order valence-electron chi connectivity index (χ3n) is 8.50. The van der Waals surface area contributed by atoms with Gasteiger partial charge in [-0.3, -0.25) is 9.69 Å². The van der Waals surface area contributed by atoms with Gasteiger partial charge in [0.1, 0.15) is 36.4 Å². The van der Waals surface area contributed by atoms with Crippen molar-refractivity contribution in [2.75, 3.05) is 59.2 Å². The monoisotopic (exact) mass is 767 g/mol. The molecule has 1 unspecified atom stereocenters. The summed E-state index contributed by atoms with van der Waals surface area (Å²) in [5, 5.41) is 18.7. The van der Waals surface area contributed by atoms with E-state index in [-0.39, 0.29) is 49.0 Å². The fourth-order valence-electron chi connectivity index (χ4n) is 5.94. The van der Waals surface area contributed by atoms with Crippen molar-refractivity contribution in [3.05, 3.63) is 60.5 Å². The second-order valence-corrected chi connectivity index (χ2v) is 14.0. The Hall–Kier alpha value is -5.02. The zero-order chi connectivity index (χ0) is 38.5. The molecule has 1 atom stereocenters. The summed E-state index contributed by atoms with van der Waals surface area (Å²) >= 11 is 0. The number of piperazine rings is 1. The molecule has 53 heavy (non-hydrogen) atoms. The number of rotatable bonds is 21. The summed E-state index contributed by atoms with van der Waals surface area (Å²) in [7, 11) is -3.94. The van der Waals surface area contributed by atoms with Crippen LogP contribution >= 0.6 is 0 Å². The molecule has 0 amide bonds. The lowest BCUT2D eigenvalue weighted by Crippen LogP contribution is -2.49. The van der Waals surface area contributed by atoms with Gasteiger partial charge in [0.15, 0.2) is 0 Å². The van der Waals surface area contributed by atoms with Crippen LogP contribution in [-0.4, -0.2) is 114 Å². The lowest BCUT2D eigenvalue weighted by molar-refractivity contribution is -0.790. The number of carbonyl (C=O) groups excluding carboxylic acids is 1. The molecule has 1 N–H and O–H groups in total. The molecule has 0 spiro atoms. The second-order valence-electron chi connectivity index (χ2n) is 12.1. The van der Waals surface area contributed by atoms with Gasteiger partial charge in [0.05, 0.1) is 29.2 Å². The van der Waals surface area contributed by atoms with Crippen LogP contribution in [0.5, 0.6) is 5.75 Å². The van der Waals surface area contributed by atoms with Crippen LogP contribution in [0.25, 0.3) is 22.4 Å². The zero-order valence-corrected chi connectivity index (χ0v) is 30.7. The Bertz CT molecular complexity index is 1890. The first-order valence-corrected chi connectivity index (χ1v) is 18.8. The predicted molar refractivity (Wildman–Crippen MR) is 188 cm³/mol. The molecular formula is C32H45N7O13S. The predicted octanol–water partition coefficient (Wildman–Crippen LogP) is 3.18. The molecule has 0 bridgehead atoms. The van der Waals surface area contributed by atoms with E-state index in [1.54, 1.807) is 6.07 Å². The fourth-order valence-corrected chi connectivity index (χ4v) is 7.39. The van der Waals surface area contributed by atoms with Gasteiger partial charge in [-0.1, -0.05) is 13.3 Å². The minimum absolute atomic E-state index is 0.00195. The molecule has 0 radical (unpaired) electrons. The molecule has 3 aromatic rings. The van der Waals surface area contributed by atoms with E-state index in [0.29, 0.717) is 68.0 Å². The molecule has 0 aliphatic carbocycles. The second kappa shape index (κ2) is 19.2. The normalized spacial score (nSPS) is 14.5. The smallest absolute Gasteiger partial charge is 0.493 e. The molecule has 20 nitrogen and oxygen atoms in total. The number of ether oxygens (including phenoxy) is 3. The van der Waals surface area contributed by atoms with Crippen LogP contribution in [-0.2, 0) is 42.1 Å². The minimum Gasteiger partial charge on any atom is -0.493 e. The zero-order valence-electron chi connectivity index (χ0n) is 29.9. The lowest BCUT2D eigenvalue weighted by Gasteiger charge is -2.33. The van der Waals surface area contributed by atoms with Crippen molar-refractivity contribution in [1.29, 1.82) is 0 Å². The van der Waals surface area contributed by atoms with Crippen molar-refractivity contribution in [3.8, 4) is 17.1 Å². The summed E-state index contributed by atoms with van der Waals surface area (Å²) in [6.07, 6.45) is 2.15. The number of benzene rings is 1. The molecule has 1 fully saturated rings. The van der Waals surface area contributed by atoms with Gasteiger partial charge in [0.25, 0.3) is 15.7 Å². The largest absolute Gasteiger partial charge is 0.508 e. The van der Waals surface area contributed by atoms with Crippen molar-refractivity contribution in [1.82, 2.24) is 23.7 Å². The van der Waals surface area contributed by atoms with E-state index in [9.17, 15) is 38.2 Å². The Kier molecular flexibility index (Phi) is 14.7. The SMILES string of the molecule is CCCc1cn(CC)c2c(=O)[nH]c(-c3cc(S(=O)(=O)N4CCN(CCOC(=O)OCCCCC(CO[N+](=O)[O-])O[N+](=O)[O-])CC4)ccc3OCC)nc12. The summed E-state index contributed by atoms with van der Waals surface area (Å²) in [6.45, 7) is 7.56. The topological polar surface area (TPSA) is 241 Å². The molecule has 292 valence electrons. The Labute approximate surface area is 305 Å². The maximum absolute atomic E-state index is 13.8. The summed E-state index contributed by atoms with van der Waals surface area (Å²) in [6, 6.07) is 4.53. The first-order valence-electron chi connectivity index (χ1n) is 17.4. The first-order chi connectivity index (χ1) is 25.4. The molecule has 1 aliphatic rings. The molecule has 4 rings (SSSR count). The van der Waals surface area contributed by atoms with Gasteiger partial charge in [-0.15, -0.1) is 20.2 Å². The average Bonchev–Trinajstić information content (AvgIpc) is 3.48. The number of unbranched alkanes of at least 4 members (excludes halogenated alkanes) is 1. The van der Waals surface area contributed by atoms with Crippen LogP contribution in [0, 0.1) is 20.2 Å². The van der Waals surface area contributed by atoms with Gasteiger partial charge in [-0.25, -0.2) is 18.2 Å². The van der Waals surface area contributed by atoms with Crippen LogP contribution in [0.3, 0.4) is 0 Å². The van der Waals surface area contributed by atoms with Crippen LogP contribution in [0.4, 0.5) is 4.79 Å². The number of H-pyrrole nitrogens is 1. The number of hydrogen-bond acceptors (Lipinski definition) is 15. The lowest BCUT2D eigenvalue weighted by atomic mass is 10.1. The highest BCUT2D eigenvalue weighted by Gasteiger charge is 2.30. The number of hydrogen-bond donors (Lipinski definition) is 1. The third kappa shape index (κ3) is 11.0. The van der Waals surface area contributed by atoms with Crippen LogP contribution in [0.15, 0.2) is 34.1 Å². The van der Waals surface area contributed by atoms with Crippen molar-refractivity contribution in [2.45, 2.75) is 70.4 Å². The van der Waals surface area contributed by atoms with E-state index in [4.69, 9.17) is 19.2 Å². The van der Waals surface area contributed by atoms with Crippen molar-refractivity contribution >= 4 is 27.2 Å². The van der Waals surface area contributed by atoms with E-state index < -0.39 is 39.1 Å². The number of sulfonamides is 1. The number of aromatic nitrogens is 3. The molecular weight excluding hydrogens is 722 g/mol. The highest BCUT2D eigenvalue weighted by atomic mass is 32.2. The van der Waals surface area contributed by atoms with Gasteiger partial charge in [0, 0.05) is 45.5 Å². The fraction of sp³-hybridized carbons (Fsp3) is 0.594. The van der Waals surface area contributed by atoms with Crippen LogP contribution < -0.4 is 10.3 Å². The summed E-state index contributed by atoms with van der Waals surface area (Å²) in [4.78, 5) is 64.3. The van der Waals surface area contributed by atoms with E-state index in [2.05, 4.69) is 14.7 Å². The van der Waals surface area contributed by atoms with Gasteiger partial charge >= 0.3 is 6.16 Å². The number of aryl methyl sites for hydroxylation is 2. The van der Waals surface area contributed by atoms with Gasteiger partial charge in [-0.05, 0) is 63.3 Å². The molecule has 1 saturated heterocycles. The van der Waals surface area contributed by atoms with E-state index in [0.717, 1.165) is 18.4 Å². The molecule has 3 heterocycles. The summed E-state index contributed by atoms with van der Waals surface area (Å²) < 4.78 is 46.8. The Morgan fingerprint density at radius 1 is 1.04 bits per heavy atom. The van der Waals surface area contributed by atoms with E-state index >= 15 is 0 Å². The van der Waals surface area contributed by atoms with Crippen LogP contribution in [0.1, 0.15) is 52.0 Å². The molecule has 21 heteroatoms. The molecule has 1 aromatic carbocycles. The standard InChI is InChI=1S/C32H45N7O13S/c1-4-9-23-21-36(5-2)29-28(23)33-30(34-31(29)40)26-20-25(11-12-27(26)48-6-3)53(46,47)37-15-13-35(14-16-37)17-19-50-32(41)49-18-8-7-10-24(52-39(44)45)22-51-38(42)43/h11-12,20-21,24H,4-10,13-19,22H2,1-3H3,(H,33,34,40). The van der Waals surface area contributed by atoms with Crippen LogP contribution in [0.2, 0.25) is 0 Å². The van der Waals surface area contributed by atoms with E-state index in [1.165, 1.54) is 16.4 Å². The number of carbonyl (C=O) groups is 1. The molecule has 0 saturated carbocycles. The maximum Gasteiger partial charge on any atom is 0.508 e. The number of nitrogens with zero attached hydrogens (tertiary/aromatic N) is 6. The highest BCUT2D eigenvalue weighted by molar-refractivity contribution is 7.89. The van der Waals surface area contributed by atoms with Gasteiger partial charge in [0.2, 0.25) is 10.0 Å². The average molecular weight is 768 g/mol. The summed E-state index contributed by atoms with van der Waals surface area (Å²) in [5.41, 5.74) is 2.02. The van der Waals surface area contributed by atoms with Crippen molar-refractivity contribution < 1.29 is 47.3 Å². The quantitative estimate of drug-likeness (QED) is 0.0708. The van der Waals surface area contributed by atoms with Gasteiger partial charge in [-0.2, -0.15) is 4.31 Å². The van der Waals surface area contributed by atoms with Crippen molar-refractivity contribution in [3.63, 3.8) is 0 Å². The van der Waals surface area contributed by atoms with Crippen molar-refractivity contribution in [2.24, 2.45) is 0 Å². The number of fused-ring (bicyclic) bond motifs is 1. The Balaban J connectivity index is 1.30.